The molecule has 0 unspecified atom stereocenters. The van der Waals surface area contributed by atoms with E-state index >= 15 is 0 Å². The summed E-state index contributed by atoms with van der Waals surface area (Å²) in [6.45, 7) is 10.8. The maximum absolute atomic E-state index is 13.0. The number of carbonyl (C=O) groups excluding carboxylic acids is 1. The van der Waals surface area contributed by atoms with Gasteiger partial charge in [-0.2, -0.15) is 0 Å². The molecule has 5 heteroatoms. The largest absolute Gasteiger partial charge is 0.394 e. The van der Waals surface area contributed by atoms with Gasteiger partial charge < -0.3 is 10.4 Å². The van der Waals surface area contributed by atoms with E-state index in [-0.39, 0.29) is 12.5 Å². The van der Waals surface area contributed by atoms with E-state index in [1.165, 1.54) is 36.8 Å². The number of hydrogen-bond acceptors (Lipinski definition) is 4. The smallest absolute Gasteiger partial charge is 0.251 e. The second-order valence-corrected chi connectivity index (χ2v) is 10.6. The van der Waals surface area contributed by atoms with E-state index in [0.29, 0.717) is 23.2 Å². The van der Waals surface area contributed by atoms with Crippen molar-refractivity contribution in [3.05, 3.63) is 64.5 Å². The van der Waals surface area contributed by atoms with Crippen LogP contribution in [0.25, 0.3) is 0 Å². The van der Waals surface area contributed by atoms with Crippen LogP contribution in [0.1, 0.15) is 91.3 Å². The van der Waals surface area contributed by atoms with Crippen molar-refractivity contribution in [1.82, 2.24) is 15.2 Å². The molecule has 1 fully saturated rings. The zero-order chi connectivity index (χ0) is 23.5. The van der Waals surface area contributed by atoms with Crippen molar-refractivity contribution >= 4 is 5.91 Å². The van der Waals surface area contributed by atoms with E-state index in [1.807, 2.05) is 25.1 Å². The predicted octanol–water partition coefficient (Wildman–Crippen LogP) is 5.19. The molecule has 1 aromatic carbocycles. The number of nitrogens with one attached hydrogen (secondary N) is 1. The summed E-state index contributed by atoms with van der Waals surface area (Å²) in [5.74, 6) is 2.02. The summed E-state index contributed by atoms with van der Waals surface area (Å²) in [6, 6.07) is 9.84. The summed E-state index contributed by atoms with van der Waals surface area (Å²) in [6.07, 6.45) is 7.13. The average Bonchev–Trinajstić information content (AvgIpc) is 3.16. The van der Waals surface area contributed by atoms with Crippen molar-refractivity contribution < 1.29 is 9.90 Å². The van der Waals surface area contributed by atoms with Crippen molar-refractivity contribution in [2.24, 2.45) is 17.8 Å². The Morgan fingerprint density at radius 3 is 2.58 bits per heavy atom. The second-order valence-electron chi connectivity index (χ2n) is 10.6. The van der Waals surface area contributed by atoms with E-state index in [0.717, 1.165) is 30.5 Å². The third kappa shape index (κ3) is 5.47. The van der Waals surface area contributed by atoms with E-state index in [4.69, 9.17) is 0 Å². The summed E-state index contributed by atoms with van der Waals surface area (Å²) < 4.78 is 0. The molecular weight excluding hydrogens is 410 g/mol. The molecular formula is C28H39N3O2. The first-order chi connectivity index (χ1) is 15.9. The van der Waals surface area contributed by atoms with Crippen molar-refractivity contribution in [3.8, 4) is 0 Å². The number of fused-ring (bicyclic) bond motifs is 1. The molecule has 2 heterocycles. The summed E-state index contributed by atoms with van der Waals surface area (Å²) in [4.78, 5) is 20.1. The molecule has 4 rings (SSSR count). The van der Waals surface area contributed by atoms with Crippen molar-refractivity contribution in [3.63, 3.8) is 0 Å². The van der Waals surface area contributed by atoms with Crippen LogP contribution in [0.3, 0.4) is 0 Å². The highest BCUT2D eigenvalue weighted by Crippen LogP contribution is 2.41. The topological polar surface area (TPSA) is 65.5 Å². The number of rotatable bonds is 7. The van der Waals surface area contributed by atoms with Crippen LogP contribution in [0.15, 0.2) is 36.5 Å². The number of aliphatic hydroxyl groups excluding tert-OH is 1. The minimum atomic E-state index is -0.514. The maximum atomic E-state index is 13.0. The summed E-state index contributed by atoms with van der Waals surface area (Å²) in [7, 11) is 0. The molecule has 0 bridgehead atoms. The van der Waals surface area contributed by atoms with Gasteiger partial charge in [-0.1, -0.05) is 45.7 Å². The van der Waals surface area contributed by atoms with Gasteiger partial charge in [-0.25, -0.2) is 0 Å². The predicted molar refractivity (Wildman–Crippen MR) is 132 cm³/mol. The molecule has 2 aliphatic rings. The molecule has 0 radical (unpaired) electrons. The van der Waals surface area contributed by atoms with E-state index in [1.54, 1.807) is 6.20 Å². The fourth-order valence-electron chi connectivity index (χ4n) is 5.63. The Kier molecular flexibility index (Phi) is 7.50. The number of aromatic nitrogens is 1. The van der Waals surface area contributed by atoms with Gasteiger partial charge in [-0.05, 0) is 72.4 Å². The number of carbonyl (C=O) groups is 1. The highest BCUT2D eigenvalue weighted by atomic mass is 16.3. The van der Waals surface area contributed by atoms with Crippen LogP contribution in [0.4, 0.5) is 0 Å². The van der Waals surface area contributed by atoms with Crippen LogP contribution >= 0.6 is 0 Å². The Bertz CT molecular complexity index is 948. The Labute approximate surface area is 198 Å². The third-order valence-electron chi connectivity index (χ3n) is 7.53. The van der Waals surface area contributed by atoms with Crippen LogP contribution < -0.4 is 5.32 Å². The zero-order valence-electron chi connectivity index (χ0n) is 20.6. The molecule has 178 valence electrons. The van der Waals surface area contributed by atoms with Crippen molar-refractivity contribution in [1.29, 1.82) is 0 Å². The van der Waals surface area contributed by atoms with E-state index in [9.17, 15) is 9.90 Å². The molecule has 1 aliphatic heterocycles. The fourth-order valence-corrected chi connectivity index (χ4v) is 5.63. The lowest BCUT2D eigenvalue weighted by molar-refractivity contribution is 0.0914. The number of hydrogen-bond donors (Lipinski definition) is 2. The van der Waals surface area contributed by atoms with Gasteiger partial charge in [0.1, 0.15) is 0 Å². The minimum Gasteiger partial charge on any atom is -0.394 e. The van der Waals surface area contributed by atoms with Gasteiger partial charge >= 0.3 is 0 Å². The van der Waals surface area contributed by atoms with E-state index < -0.39 is 6.04 Å². The molecule has 1 saturated carbocycles. The summed E-state index contributed by atoms with van der Waals surface area (Å²) >= 11 is 0. The fraction of sp³-hybridized carbons (Fsp3) is 0.571. The van der Waals surface area contributed by atoms with Gasteiger partial charge in [0.2, 0.25) is 0 Å². The zero-order valence-corrected chi connectivity index (χ0v) is 20.6. The second kappa shape index (κ2) is 10.4. The lowest BCUT2D eigenvalue weighted by Crippen LogP contribution is -2.32. The van der Waals surface area contributed by atoms with Crippen molar-refractivity contribution in [2.45, 2.75) is 72.0 Å². The molecule has 5 nitrogen and oxygen atoms in total. The quantitative estimate of drug-likeness (QED) is 0.610. The molecule has 33 heavy (non-hydrogen) atoms. The van der Waals surface area contributed by atoms with Gasteiger partial charge in [0, 0.05) is 30.9 Å². The monoisotopic (exact) mass is 449 g/mol. The highest BCUT2D eigenvalue weighted by molar-refractivity contribution is 5.94. The number of amides is 1. The summed E-state index contributed by atoms with van der Waals surface area (Å²) in [5.41, 5.74) is 5.00. The number of pyridine rings is 1. The first kappa shape index (κ1) is 23.9. The first-order valence-electron chi connectivity index (χ1n) is 12.6. The Morgan fingerprint density at radius 2 is 1.94 bits per heavy atom. The van der Waals surface area contributed by atoms with Crippen LogP contribution in [-0.2, 0) is 6.54 Å². The van der Waals surface area contributed by atoms with Crippen LogP contribution in [-0.4, -0.2) is 34.0 Å². The summed E-state index contributed by atoms with van der Waals surface area (Å²) in [5, 5.41) is 12.8. The van der Waals surface area contributed by atoms with Gasteiger partial charge in [-0.15, -0.1) is 0 Å². The molecule has 1 amide bonds. The van der Waals surface area contributed by atoms with E-state index in [2.05, 4.69) is 48.1 Å². The van der Waals surface area contributed by atoms with Gasteiger partial charge in [-0.3, -0.25) is 14.7 Å². The van der Waals surface area contributed by atoms with Crippen LogP contribution in [0.5, 0.6) is 0 Å². The number of aliphatic hydroxyl groups is 1. The molecule has 2 N–H and O–H groups in total. The van der Waals surface area contributed by atoms with Crippen LogP contribution in [0.2, 0.25) is 0 Å². The van der Waals surface area contributed by atoms with Gasteiger partial charge in [0.15, 0.2) is 0 Å². The first-order valence-corrected chi connectivity index (χ1v) is 12.6. The molecule has 0 saturated heterocycles. The van der Waals surface area contributed by atoms with Gasteiger partial charge in [0.05, 0.1) is 18.3 Å². The lowest BCUT2D eigenvalue weighted by atomic mass is 9.82. The molecule has 1 aliphatic carbocycles. The molecule has 2 atom stereocenters. The maximum Gasteiger partial charge on any atom is 0.251 e. The highest BCUT2D eigenvalue weighted by Gasteiger charge is 2.34. The number of benzene rings is 1. The standard InChI is InChI=1S/C28H39N3O2/c1-18(2)27-24-11-10-22(28(33)30-26(17-32)25-12-7-20(4)14-29-25)13-23(24)16-31(27)15-21-8-5-19(3)6-9-21/h7,10-14,18-19,21,26-27,32H,5-6,8-9,15-17H2,1-4H3,(H,30,33)/t19?,21?,26-,27+/m1/s1. The molecule has 0 spiro atoms. The van der Waals surface area contributed by atoms with Gasteiger partial charge in [0.25, 0.3) is 5.91 Å². The number of nitrogens with zero attached hydrogens (tertiary/aromatic N) is 2. The normalized spacial score (nSPS) is 24.0. The average molecular weight is 450 g/mol. The minimum absolute atomic E-state index is 0.167. The Balaban J connectivity index is 1.47. The van der Waals surface area contributed by atoms with Crippen molar-refractivity contribution in [2.75, 3.05) is 13.2 Å². The SMILES string of the molecule is Cc1ccc([C@@H](CO)NC(=O)c2ccc3c(c2)CN(CC2CCC(C)CC2)[C@H]3C(C)C)nc1. The molecule has 1 aromatic heterocycles. The van der Waals surface area contributed by atoms with Crippen LogP contribution in [0, 0.1) is 24.7 Å². The lowest BCUT2D eigenvalue weighted by Gasteiger charge is -2.34. The number of aryl methyl sites for hydroxylation is 1. The molecule has 2 aromatic rings. The third-order valence-corrected chi connectivity index (χ3v) is 7.53. The Morgan fingerprint density at radius 1 is 1.18 bits per heavy atom. The Hall–Kier alpha value is -2.24.